The summed E-state index contributed by atoms with van der Waals surface area (Å²) >= 11 is 0. The first-order valence-electron chi connectivity index (χ1n) is 6.30. The molecular formula is C15H17N3O2. The van der Waals surface area contributed by atoms with E-state index in [9.17, 15) is 9.59 Å². The number of aromatic nitrogens is 1. The molecule has 1 heterocycles. The number of amides is 1. The van der Waals surface area contributed by atoms with Gasteiger partial charge in [0.15, 0.2) is 5.78 Å². The number of benzene rings is 1. The summed E-state index contributed by atoms with van der Waals surface area (Å²) in [6.07, 6.45) is 1.72. The van der Waals surface area contributed by atoms with Gasteiger partial charge in [0.25, 0.3) is 0 Å². The van der Waals surface area contributed by atoms with Crippen LogP contribution in [0, 0.1) is 6.92 Å². The van der Waals surface area contributed by atoms with Gasteiger partial charge < -0.3 is 15.6 Å². The molecule has 0 radical (unpaired) electrons. The Morgan fingerprint density at radius 3 is 2.50 bits per heavy atom. The average Bonchev–Trinajstić information content (AvgIpc) is 2.74. The molecule has 104 valence electrons. The highest BCUT2D eigenvalue weighted by molar-refractivity contribution is 6.14. The Hall–Kier alpha value is -2.40. The number of hydrogen-bond donors (Lipinski definition) is 2. The van der Waals surface area contributed by atoms with E-state index in [1.165, 1.54) is 0 Å². The number of carbonyl (C=O) groups excluding carboxylic acids is 2. The summed E-state index contributed by atoms with van der Waals surface area (Å²) in [4.78, 5) is 24.0. The highest BCUT2D eigenvalue weighted by atomic mass is 16.2. The first-order chi connectivity index (χ1) is 9.54. The SMILES string of the molecule is Cc1c(C(=O)c2ccccc2)c(NC(=O)CN)cn1C. The molecule has 0 saturated carbocycles. The van der Waals surface area contributed by atoms with E-state index in [0.29, 0.717) is 16.8 Å². The Kier molecular flexibility index (Phi) is 4.00. The van der Waals surface area contributed by atoms with E-state index < -0.39 is 0 Å². The quantitative estimate of drug-likeness (QED) is 0.826. The fraction of sp³-hybridized carbons (Fsp3) is 0.200. The molecule has 5 heteroatoms. The zero-order valence-corrected chi connectivity index (χ0v) is 11.5. The lowest BCUT2D eigenvalue weighted by Crippen LogP contribution is -2.22. The summed E-state index contributed by atoms with van der Waals surface area (Å²) in [5.74, 6) is -0.436. The van der Waals surface area contributed by atoms with Crippen LogP contribution in [-0.2, 0) is 11.8 Å². The van der Waals surface area contributed by atoms with Gasteiger partial charge in [0, 0.05) is 24.5 Å². The van der Waals surface area contributed by atoms with Crippen molar-refractivity contribution in [1.82, 2.24) is 4.57 Å². The van der Waals surface area contributed by atoms with Gasteiger partial charge in [-0.3, -0.25) is 9.59 Å². The number of aryl methyl sites for hydroxylation is 1. The molecule has 1 amide bonds. The topological polar surface area (TPSA) is 77.1 Å². The summed E-state index contributed by atoms with van der Waals surface area (Å²) < 4.78 is 1.81. The normalized spacial score (nSPS) is 10.3. The number of nitrogens with zero attached hydrogens (tertiary/aromatic N) is 1. The third-order valence-electron chi connectivity index (χ3n) is 3.21. The van der Waals surface area contributed by atoms with Crippen molar-refractivity contribution in [2.45, 2.75) is 6.92 Å². The van der Waals surface area contributed by atoms with E-state index in [0.717, 1.165) is 5.69 Å². The molecule has 0 aliphatic rings. The standard InChI is InChI=1S/C15H17N3O2/c1-10-14(15(20)11-6-4-3-5-7-11)12(9-18(10)2)17-13(19)8-16/h3-7,9H,8,16H2,1-2H3,(H,17,19). The van der Waals surface area contributed by atoms with Crippen LogP contribution in [0.5, 0.6) is 0 Å². The van der Waals surface area contributed by atoms with E-state index in [1.54, 1.807) is 18.3 Å². The van der Waals surface area contributed by atoms with Crippen molar-refractivity contribution >= 4 is 17.4 Å². The minimum atomic E-state index is -0.322. The second kappa shape index (κ2) is 5.71. The summed E-state index contributed by atoms with van der Waals surface area (Å²) in [6, 6.07) is 8.98. The number of anilines is 1. The molecule has 0 unspecified atom stereocenters. The van der Waals surface area contributed by atoms with Crippen LogP contribution in [0.3, 0.4) is 0 Å². The van der Waals surface area contributed by atoms with E-state index >= 15 is 0 Å². The molecule has 0 saturated heterocycles. The van der Waals surface area contributed by atoms with E-state index in [2.05, 4.69) is 5.32 Å². The lowest BCUT2D eigenvalue weighted by atomic mass is 10.0. The third-order valence-corrected chi connectivity index (χ3v) is 3.21. The Bertz CT molecular complexity index is 645. The van der Waals surface area contributed by atoms with Gasteiger partial charge in [-0.2, -0.15) is 0 Å². The Balaban J connectivity index is 2.45. The first-order valence-corrected chi connectivity index (χ1v) is 6.30. The van der Waals surface area contributed by atoms with Gasteiger partial charge in [0.1, 0.15) is 0 Å². The number of ketones is 1. The van der Waals surface area contributed by atoms with Crippen molar-refractivity contribution in [2.75, 3.05) is 11.9 Å². The lowest BCUT2D eigenvalue weighted by molar-refractivity contribution is -0.114. The van der Waals surface area contributed by atoms with Crippen LogP contribution in [0.1, 0.15) is 21.6 Å². The van der Waals surface area contributed by atoms with Gasteiger partial charge in [-0.15, -0.1) is 0 Å². The van der Waals surface area contributed by atoms with Gasteiger partial charge in [-0.25, -0.2) is 0 Å². The molecule has 0 bridgehead atoms. The van der Waals surface area contributed by atoms with Crippen molar-refractivity contribution in [2.24, 2.45) is 12.8 Å². The molecule has 0 spiro atoms. The third kappa shape index (κ3) is 2.62. The van der Waals surface area contributed by atoms with Crippen molar-refractivity contribution in [3.63, 3.8) is 0 Å². The Morgan fingerprint density at radius 1 is 1.25 bits per heavy atom. The fourth-order valence-electron chi connectivity index (χ4n) is 2.04. The van der Waals surface area contributed by atoms with Crippen molar-refractivity contribution < 1.29 is 9.59 Å². The number of nitrogens with two attached hydrogens (primary N) is 1. The van der Waals surface area contributed by atoms with Crippen LogP contribution in [-0.4, -0.2) is 22.8 Å². The molecule has 20 heavy (non-hydrogen) atoms. The molecule has 1 aromatic carbocycles. The van der Waals surface area contributed by atoms with Crippen LogP contribution in [0.4, 0.5) is 5.69 Å². The van der Waals surface area contributed by atoms with Gasteiger partial charge in [-0.05, 0) is 6.92 Å². The largest absolute Gasteiger partial charge is 0.352 e. The van der Waals surface area contributed by atoms with E-state index in [4.69, 9.17) is 5.73 Å². The summed E-state index contributed by atoms with van der Waals surface area (Å²) in [5, 5.41) is 2.67. The number of nitrogens with one attached hydrogen (secondary N) is 1. The monoisotopic (exact) mass is 271 g/mol. The van der Waals surface area contributed by atoms with Crippen LogP contribution in [0.2, 0.25) is 0 Å². The van der Waals surface area contributed by atoms with Gasteiger partial charge in [0.05, 0.1) is 17.8 Å². The van der Waals surface area contributed by atoms with Crippen molar-refractivity contribution in [3.8, 4) is 0 Å². The molecule has 5 nitrogen and oxygen atoms in total. The van der Waals surface area contributed by atoms with E-state index in [-0.39, 0.29) is 18.2 Å². The van der Waals surface area contributed by atoms with E-state index in [1.807, 2.05) is 36.7 Å². The molecule has 2 rings (SSSR count). The second-order valence-electron chi connectivity index (χ2n) is 4.56. The predicted molar refractivity (Wildman–Crippen MR) is 77.7 cm³/mol. The maximum atomic E-state index is 12.6. The highest BCUT2D eigenvalue weighted by Crippen LogP contribution is 2.24. The number of hydrogen-bond acceptors (Lipinski definition) is 3. The molecule has 0 atom stereocenters. The maximum Gasteiger partial charge on any atom is 0.238 e. The van der Waals surface area contributed by atoms with Crippen LogP contribution in [0.25, 0.3) is 0 Å². The molecule has 0 aliphatic heterocycles. The second-order valence-corrected chi connectivity index (χ2v) is 4.56. The molecular weight excluding hydrogens is 254 g/mol. The fourth-order valence-corrected chi connectivity index (χ4v) is 2.04. The summed E-state index contributed by atoms with van der Waals surface area (Å²) in [7, 11) is 1.83. The smallest absolute Gasteiger partial charge is 0.238 e. The summed E-state index contributed by atoms with van der Waals surface area (Å²) in [6.45, 7) is 1.72. The molecule has 0 fully saturated rings. The average molecular weight is 271 g/mol. The minimum absolute atomic E-state index is 0.115. The van der Waals surface area contributed by atoms with Crippen molar-refractivity contribution in [1.29, 1.82) is 0 Å². The molecule has 0 aliphatic carbocycles. The van der Waals surface area contributed by atoms with Gasteiger partial charge in [-0.1, -0.05) is 30.3 Å². The zero-order valence-electron chi connectivity index (χ0n) is 11.5. The van der Waals surface area contributed by atoms with Crippen LogP contribution >= 0.6 is 0 Å². The van der Waals surface area contributed by atoms with Crippen molar-refractivity contribution in [3.05, 3.63) is 53.3 Å². The lowest BCUT2D eigenvalue weighted by Gasteiger charge is -2.06. The zero-order chi connectivity index (χ0) is 14.7. The Labute approximate surface area is 117 Å². The van der Waals surface area contributed by atoms with Gasteiger partial charge >= 0.3 is 0 Å². The summed E-state index contributed by atoms with van der Waals surface area (Å²) in [5.41, 5.74) is 7.68. The Morgan fingerprint density at radius 2 is 1.90 bits per heavy atom. The molecule has 2 aromatic rings. The number of rotatable bonds is 4. The highest BCUT2D eigenvalue weighted by Gasteiger charge is 2.20. The minimum Gasteiger partial charge on any atom is -0.352 e. The van der Waals surface area contributed by atoms with Crippen LogP contribution < -0.4 is 11.1 Å². The molecule has 1 aromatic heterocycles. The van der Waals surface area contributed by atoms with Gasteiger partial charge in [0.2, 0.25) is 5.91 Å². The molecule has 3 N–H and O–H groups in total. The maximum absolute atomic E-state index is 12.6. The van der Waals surface area contributed by atoms with Crippen LogP contribution in [0.15, 0.2) is 36.5 Å². The predicted octanol–water partition coefficient (Wildman–Crippen LogP) is 1.46. The number of carbonyl (C=O) groups is 2. The first kappa shape index (κ1) is 14.0.